The highest BCUT2D eigenvalue weighted by Gasteiger charge is 2.25. The Bertz CT molecular complexity index is 2180. The van der Waals surface area contributed by atoms with Gasteiger partial charge in [-0.3, -0.25) is 25.2 Å². The molecule has 0 fully saturated rings. The van der Waals surface area contributed by atoms with E-state index in [0.717, 1.165) is 57.2 Å². The number of amides is 2. The topological polar surface area (TPSA) is 158 Å². The monoisotopic (exact) mass is 694 g/mol. The SMILES string of the molecule is CCc1ccc(-c2cc(C)[n+](-c3ccc(-c4cc(C)ncc4C(=O)Nc4nnc(OC)s4)c(C)n3)cc2C(=O)Nc2nnc(OC)s2)cc1. The molecular weight excluding hydrogens is 663 g/mol. The first-order valence-corrected chi connectivity index (χ1v) is 16.8. The van der Waals surface area contributed by atoms with Crippen LogP contribution >= 0.6 is 22.7 Å². The lowest BCUT2D eigenvalue weighted by molar-refractivity contribution is -0.606. The van der Waals surface area contributed by atoms with Crippen LogP contribution in [0, 0.1) is 20.8 Å². The third kappa shape index (κ3) is 7.12. The third-order valence-corrected chi connectivity index (χ3v) is 9.30. The lowest BCUT2D eigenvalue weighted by atomic mass is 9.98. The van der Waals surface area contributed by atoms with Gasteiger partial charge in [0.1, 0.15) is 11.9 Å². The van der Waals surface area contributed by atoms with Crippen molar-refractivity contribution in [1.82, 2.24) is 30.4 Å². The first-order chi connectivity index (χ1) is 23.7. The van der Waals surface area contributed by atoms with E-state index in [9.17, 15) is 9.59 Å². The molecule has 13 nitrogen and oxygen atoms in total. The average Bonchev–Trinajstić information content (AvgIpc) is 3.77. The zero-order valence-corrected chi connectivity index (χ0v) is 29.2. The van der Waals surface area contributed by atoms with Crippen LogP contribution in [0.15, 0.2) is 60.9 Å². The van der Waals surface area contributed by atoms with Gasteiger partial charge in [-0.25, -0.2) is 0 Å². The minimum atomic E-state index is -0.388. The summed E-state index contributed by atoms with van der Waals surface area (Å²) < 4.78 is 12.1. The number of methoxy groups -OCH3 is 2. The van der Waals surface area contributed by atoms with Crippen LogP contribution in [0.1, 0.15) is 50.3 Å². The summed E-state index contributed by atoms with van der Waals surface area (Å²) in [5, 5.41) is 22.7. The highest BCUT2D eigenvalue weighted by atomic mass is 32.1. The van der Waals surface area contributed by atoms with E-state index in [-0.39, 0.29) is 11.8 Å². The van der Waals surface area contributed by atoms with Gasteiger partial charge in [0, 0.05) is 41.6 Å². The normalized spacial score (nSPS) is 10.9. The number of hydrogen-bond acceptors (Lipinski definition) is 12. The Morgan fingerprint density at radius 3 is 1.98 bits per heavy atom. The molecule has 49 heavy (non-hydrogen) atoms. The fraction of sp³-hybridized carbons (Fsp3) is 0.206. The summed E-state index contributed by atoms with van der Waals surface area (Å²) >= 11 is 2.25. The standard InChI is InChI=1S/C34H31N9O4S2/c1-7-21-8-10-22(11-9-21)24-15-19(3)43(17-27(24)30(45)38-32-40-42-34(47-6)49-32)28-13-12-23(20(4)36-28)25-14-18(2)35-16-26(25)29(44)37-31-39-41-33(46-5)48-31/h8-17H,7H2,1-6H3,(H-,37,38,39,40,44,45)/p+1. The van der Waals surface area contributed by atoms with E-state index in [1.54, 1.807) is 6.20 Å². The maximum absolute atomic E-state index is 13.8. The average molecular weight is 695 g/mol. The van der Waals surface area contributed by atoms with Crippen molar-refractivity contribution in [2.75, 3.05) is 24.9 Å². The zero-order valence-electron chi connectivity index (χ0n) is 27.6. The molecule has 15 heteroatoms. The number of hydrogen-bond donors (Lipinski definition) is 2. The number of benzene rings is 1. The molecule has 5 aromatic heterocycles. The summed E-state index contributed by atoms with van der Waals surface area (Å²) in [6.07, 6.45) is 4.22. The van der Waals surface area contributed by atoms with Gasteiger partial charge in [-0.1, -0.05) is 41.4 Å². The Hall–Kier alpha value is -5.67. The van der Waals surface area contributed by atoms with Gasteiger partial charge in [0.05, 0.1) is 25.3 Å². The van der Waals surface area contributed by atoms with Gasteiger partial charge in [0.2, 0.25) is 10.3 Å². The number of aryl methyl sites for hydroxylation is 4. The predicted molar refractivity (Wildman–Crippen MR) is 187 cm³/mol. The van der Waals surface area contributed by atoms with Crippen molar-refractivity contribution < 1.29 is 23.6 Å². The molecule has 0 aliphatic rings. The molecule has 6 rings (SSSR count). The number of pyridine rings is 3. The molecule has 0 saturated carbocycles. The number of nitrogens with zero attached hydrogens (tertiary/aromatic N) is 7. The highest BCUT2D eigenvalue weighted by Crippen LogP contribution is 2.30. The summed E-state index contributed by atoms with van der Waals surface area (Å²) in [5.41, 5.74) is 7.32. The van der Waals surface area contributed by atoms with Crippen LogP contribution in [0.4, 0.5) is 10.3 Å². The Balaban J connectivity index is 1.38. The fourth-order valence-corrected chi connectivity index (χ4v) is 6.30. The molecule has 0 saturated heterocycles. The number of nitrogens with one attached hydrogen (secondary N) is 2. The molecule has 0 radical (unpaired) electrons. The van der Waals surface area contributed by atoms with Gasteiger partial charge < -0.3 is 9.47 Å². The highest BCUT2D eigenvalue weighted by molar-refractivity contribution is 7.17. The fourth-order valence-electron chi connectivity index (χ4n) is 5.19. The van der Waals surface area contributed by atoms with Crippen molar-refractivity contribution in [2.24, 2.45) is 0 Å². The third-order valence-electron chi connectivity index (χ3n) is 7.70. The quantitative estimate of drug-likeness (QED) is 0.168. The van der Waals surface area contributed by atoms with Crippen molar-refractivity contribution in [3.05, 3.63) is 94.7 Å². The molecule has 0 bridgehead atoms. The Labute approximate surface area is 290 Å². The minimum Gasteiger partial charge on any atom is -0.472 e. The van der Waals surface area contributed by atoms with Gasteiger partial charge in [-0.15, -0.1) is 10.2 Å². The minimum absolute atomic E-state index is 0.306. The van der Waals surface area contributed by atoms with Crippen LogP contribution in [0.25, 0.3) is 28.1 Å². The smallest absolute Gasteiger partial charge is 0.328 e. The number of ether oxygens (including phenoxy) is 2. The van der Waals surface area contributed by atoms with E-state index in [1.807, 2.05) is 61.7 Å². The molecule has 2 amide bonds. The number of aromatic nitrogens is 7. The van der Waals surface area contributed by atoms with Gasteiger partial charge >= 0.3 is 5.82 Å². The van der Waals surface area contributed by atoms with E-state index >= 15 is 0 Å². The Kier molecular flexibility index (Phi) is 9.64. The van der Waals surface area contributed by atoms with Gasteiger partial charge in [-0.2, -0.15) is 4.57 Å². The van der Waals surface area contributed by atoms with Crippen LogP contribution in [0.5, 0.6) is 10.4 Å². The summed E-state index contributed by atoms with van der Waals surface area (Å²) in [6.45, 7) is 7.80. The van der Waals surface area contributed by atoms with E-state index < -0.39 is 0 Å². The summed E-state index contributed by atoms with van der Waals surface area (Å²) in [4.78, 5) is 36.5. The van der Waals surface area contributed by atoms with Gasteiger partial charge in [0.25, 0.3) is 22.2 Å². The largest absolute Gasteiger partial charge is 0.472 e. The number of carbonyl (C=O) groups is 2. The molecule has 2 N–H and O–H groups in total. The lowest BCUT2D eigenvalue weighted by Crippen LogP contribution is -2.37. The second-order valence-corrected chi connectivity index (χ2v) is 12.8. The molecule has 0 unspecified atom stereocenters. The van der Waals surface area contributed by atoms with Gasteiger partial charge in [0.15, 0.2) is 5.69 Å². The van der Waals surface area contributed by atoms with Crippen molar-refractivity contribution in [2.45, 2.75) is 34.1 Å². The second-order valence-electron chi connectivity index (χ2n) is 10.9. The van der Waals surface area contributed by atoms with E-state index in [0.29, 0.717) is 48.9 Å². The first kappa shape index (κ1) is 33.2. The van der Waals surface area contributed by atoms with Crippen LogP contribution in [-0.4, -0.2) is 56.4 Å². The lowest BCUT2D eigenvalue weighted by Gasteiger charge is -2.13. The van der Waals surface area contributed by atoms with E-state index in [2.05, 4.69) is 55.1 Å². The summed E-state index contributed by atoms with van der Waals surface area (Å²) in [6, 6.07) is 15.8. The maximum Gasteiger partial charge on any atom is 0.328 e. The maximum atomic E-state index is 13.8. The van der Waals surface area contributed by atoms with E-state index in [4.69, 9.17) is 14.5 Å². The van der Waals surface area contributed by atoms with Crippen molar-refractivity contribution in [3.8, 4) is 38.5 Å². The predicted octanol–water partition coefficient (Wildman–Crippen LogP) is 5.80. The molecular formula is C34H32N9O4S2+. The van der Waals surface area contributed by atoms with Crippen molar-refractivity contribution in [1.29, 1.82) is 0 Å². The van der Waals surface area contributed by atoms with Crippen LogP contribution in [0.2, 0.25) is 0 Å². The van der Waals surface area contributed by atoms with E-state index in [1.165, 1.54) is 26.0 Å². The molecule has 0 spiro atoms. The number of carbonyl (C=O) groups excluding carboxylic acids is 2. The molecule has 5 heterocycles. The van der Waals surface area contributed by atoms with Crippen LogP contribution in [0.3, 0.4) is 0 Å². The summed E-state index contributed by atoms with van der Waals surface area (Å²) in [7, 11) is 2.98. The molecule has 6 aromatic rings. The number of anilines is 2. The molecule has 0 aliphatic carbocycles. The molecule has 0 aliphatic heterocycles. The zero-order chi connectivity index (χ0) is 34.7. The second kappa shape index (κ2) is 14.2. The van der Waals surface area contributed by atoms with Gasteiger partial charge in [-0.05, 0) is 77.3 Å². The molecule has 1 aromatic carbocycles. The number of rotatable bonds is 10. The first-order valence-electron chi connectivity index (χ1n) is 15.2. The molecule has 0 atom stereocenters. The van der Waals surface area contributed by atoms with Crippen molar-refractivity contribution in [3.63, 3.8) is 0 Å². The summed E-state index contributed by atoms with van der Waals surface area (Å²) in [5.74, 6) is -0.149. The van der Waals surface area contributed by atoms with Crippen molar-refractivity contribution >= 4 is 44.8 Å². The molecule has 248 valence electrons. The Morgan fingerprint density at radius 1 is 0.776 bits per heavy atom. The Morgan fingerprint density at radius 2 is 1.41 bits per heavy atom. The van der Waals surface area contributed by atoms with Crippen LogP contribution in [-0.2, 0) is 6.42 Å². The van der Waals surface area contributed by atoms with Crippen LogP contribution < -0.4 is 24.7 Å².